The maximum absolute atomic E-state index is 13.4. The largest absolute Gasteiger partial charge is 0.493 e. The van der Waals surface area contributed by atoms with Crippen LogP contribution in [0.2, 0.25) is 5.02 Å². The van der Waals surface area contributed by atoms with Gasteiger partial charge < -0.3 is 19.7 Å². The molecule has 0 saturated heterocycles. The fourth-order valence-corrected chi connectivity index (χ4v) is 4.62. The molecule has 0 spiro atoms. The molecular formula is C28H29ClN2O4. The number of nitrogens with zero attached hydrogens (tertiary/aromatic N) is 1. The van der Waals surface area contributed by atoms with Crippen molar-refractivity contribution in [1.82, 2.24) is 10.2 Å². The molecule has 0 bridgehead atoms. The molecule has 3 aromatic rings. The minimum absolute atomic E-state index is 0.0348. The molecule has 2 atom stereocenters. The SMILES string of the molecule is COc1ccc(CCNC(=O)C2c3ccccc3C(=O)N2CC(C)c2ccc(Cl)cc2)cc1OC. The highest BCUT2D eigenvalue weighted by Crippen LogP contribution is 2.35. The summed E-state index contributed by atoms with van der Waals surface area (Å²) in [6.45, 7) is 2.90. The number of rotatable bonds is 9. The second-order valence-corrected chi connectivity index (χ2v) is 9.07. The number of carbonyl (C=O) groups is 2. The fourth-order valence-electron chi connectivity index (χ4n) is 4.50. The molecule has 182 valence electrons. The van der Waals surface area contributed by atoms with Gasteiger partial charge in [-0.3, -0.25) is 9.59 Å². The number of hydrogen-bond acceptors (Lipinski definition) is 4. The van der Waals surface area contributed by atoms with Crippen molar-refractivity contribution in [3.05, 3.63) is 94.0 Å². The van der Waals surface area contributed by atoms with Crippen LogP contribution in [0.1, 0.15) is 45.9 Å². The van der Waals surface area contributed by atoms with Crippen LogP contribution >= 0.6 is 11.6 Å². The van der Waals surface area contributed by atoms with Gasteiger partial charge in [0.2, 0.25) is 5.91 Å². The third-order valence-electron chi connectivity index (χ3n) is 6.38. The van der Waals surface area contributed by atoms with Crippen LogP contribution in [-0.2, 0) is 11.2 Å². The average molecular weight is 493 g/mol. The quantitative estimate of drug-likeness (QED) is 0.455. The van der Waals surface area contributed by atoms with Gasteiger partial charge in [-0.15, -0.1) is 0 Å². The Morgan fingerprint density at radius 3 is 2.46 bits per heavy atom. The first-order valence-corrected chi connectivity index (χ1v) is 11.9. The van der Waals surface area contributed by atoms with Crippen LogP contribution in [-0.4, -0.2) is 44.0 Å². The summed E-state index contributed by atoms with van der Waals surface area (Å²) in [5.41, 5.74) is 3.39. The van der Waals surface area contributed by atoms with Crippen LogP contribution in [0.5, 0.6) is 11.5 Å². The standard InChI is InChI=1S/C28H29ClN2O4/c1-18(20-9-11-21(29)12-10-20)17-31-26(22-6-4-5-7-23(22)28(31)33)27(32)30-15-14-19-8-13-24(34-2)25(16-19)35-3/h4-13,16,18,26H,14-15,17H2,1-3H3,(H,30,32). The molecule has 6 nitrogen and oxygen atoms in total. The lowest BCUT2D eigenvalue weighted by molar-refractivity contribution is -0.125. The number of carbonyl (C=O) groups excluding carboxylic acids is 2. The molecule has 7 heteroatoms. The van der Waals surface area contributed by atoms with Gasteiger partial charge in [-0.2, -0.15) is 0 Å². The first-order valence-electron chi connectivity index (χ1n) is 11.6. The second-order valence-electron chi connectivity index (χ2n) is 8.63. The molecule has 0 aromatic heterocycles. The van der Waals surface area contributed by atoms with Gasteiger partial charge in [0.05, 0.1) is 14.2 Å². The highest BCUT2D eigenvalue weighted by atomic mass is 35.5. The highest BCUT2D eigenvalue weighted by molar-refractivity contribution is 6.30. The van der Waals surface area contributed by atoms with Crippen molar-refractivity contribution in [2.45, 2.75) is 25.3 Å². The number of methoxy groups -OCH3 is 2. The Balaban J connectivity index is 1.48. The van der Waals surface area contributed by atoms with Crippen LogP contribution in [0.15, 0.2) is 66.7 Å². The van der Waals surface area contributed by atoms with E-state index in [0.717, 1.165) is 16.7 Å². The highest BCUT2D eigenvalue weighted by Gasteiger charge is 2.41. The lowest BCUT2D eigenvalue weighted by Gasteiger charge is -2.27. The van der Waals surface area contributed by atoms with E-state index in [2.05, 4.69) is 5.32 Å². The first-order chi connectivity index (χ1) is 16.9. The molecule has 4 rings (SSSR count). The van der Waals surface area contributed by atoms with Crippen LogP contribution in [0, 0.1) is 0 Å². The number of fused-ring (bicyclic) bond motifs is 1. The molecule has 1 aliphatic rings. The zero-order chi connectivity index (χ0) is 24.9. The summed E-state index contributed by atoms with van der Waals surface area (Å²) in [5.74, 6) is 1.03. The topological polar surface area (TPSA) is 67.9 Å². The molecule has 1 aliphatic heterocycles. The van der Waals surface area contributed by atoms with Crippen molar-refractivity contribution in [3.8, 4) is 11.5 Å². The van der Waals surface area contributed by atoms with Gasteiger partial charge in [-0.1, -0.05) is 54.9 Å². The number of benzene rings is 3. The zero-order valence-corrected chi connectivity index (χ0v) is 20.8. The summed E-state index contributed by atoms with van der Waals surface area (Å²) >= 11 is 6.03. The van der Waals surface area contributed by atoms with Crippen molar-refractivity contribution in [2.75, 3.05) is 27.3 Å². The third kappa shape index (κ3) is 5.28. The monoisotopic (exact) mass is 492 g/mol. The van der Waals surface area contributed by atoms with Crippen LogP contribution < -0.4 is 14.8 Å². The van der Waals surface area contributed by atoms with E-state index in [1.165, 1.54) is 0 Å². The van der Waals surface area contributed by atoms with E-state index in [1.807, 2.05) is 67.6 Å². The normalized spacial score (nSPS) is 15.5. The Morgan fingerprint density at radius 2 is 1.74 bits per heavy atom. The molecule has 2 unspecified atom stereocenters. The van der Waals surface area contributed by atoms with Crippen molar-refractivity contribution in [1.29, 1.82) is 0 Å². The molecule has 0 fully saturated rings. The third-order valence-corrected chi connectivity index (χ3v) is 6.63. The predicted molar refractivity (Wildman–Crippen MR) is 136 cm³/mol. The molecule has 35 heavy (non-hydrogen) atoms. The van der Waals surface area contributed by atoms with E-state index < -0.39 is 6.04 Å². The van der Waals surface area contributed by atoms with Crippen LogP contribution in [0.25, 0.3) is 0 Å². The van der Waals surface area contributed by atoms with Gasteiger partial charge in [0.1, 0.15) is 6.04 Å². The van der Waals surface area contributed by atoms with Gasteiger partial charge in [0.25, 0.3) is 5.91 Å². The summed E-state index contributed by atoms with van der Waals surface area (Å²) in [6, 6.07) is 20.0. The predicted octanol–water partition coefficient (Wildman–Crippen LogP) is 5.02. The lowest BCUT2D eigenvalue weighted by Crippen LogP contribution is -2.41. The van der Waals surface area contributed by atoms with E-state index in [-0.39, 0.29) is 17.7 Å². The molecular weight excluding hydrogens is 464 g/mol. The van der Waals surface area contributed by atoms with Gasteiger partial charge in [-0.05, 0) is 59.4 Å². The van der Waals surface area contributed by atoms with E-state index in [9.17, 15) is 9.59 Å². The summed E-state index contributed by atoms with van der Waals surface area (Å²) in [6.07, 6.45) is 0.621. The molecule has 0 radical (unpaired) electrons. The maximum atomic E-state index is 13.4. The summed E-state index contributed by atoms with van der Waals surface area (Å²) < 4.78 is 10.7. The lowest BCUT2D eigenvalue weighted by atomic mass is 9.99. The number of halogens is 1. The van der Waals surface area contributed by atoms with Crippen molar-refractivity contribution in [3.63, 3.8) is 0 Å². The molecule has 2 amide bonds. The van der Waals surface area contributed by atoms with Gasteiger partial charge >= 0.3 is 0 Å². The zero-order valence-electron chi connectivity index (χ0n) is 20.1. The van der Waals surface area contributed by atoms with Gasteiger partial charge in [0.15, 0.2) is 11.5 Å². The summed E-state index contributed by atoms with van der Waals surface area (Å²) in [5, 5.41) is 3.69. The number of nitrogens with one attached hydrogen (secondary N) is 1. The molecule has 0 saturated carbocycles. The van der Waals surface area contributed by atoms with E-state index in [1.54, 1.807) is 25.2 Å². The first kappa shape index (κ1) is 24.6. The summed E-state index contributed by atoms with van der Waals surface area (Å²) in [7, 11) is 3.19. The number of ether oxygens (including phenoxy) is 2. The Bertz CT molecular complexity index is 1210. The molecule has 1 heterocycles. The van der Waals surface area contributed by atoms with Gasteiger partial charge in [0, 0.05) is 23.7 Å². The van der Waals surface area contributed by atoms with Crippen LogP contribution in [0.3, 0.4) is 0 Å². The van der Waals surface area contributed by atoms with E-state index in [4.69, 9.17) is 21.1 Å². The maximum Gasteiger partial charge on any atom is 0.255 e. The van der Waals surface area contributed by atoms with Crippen molar-refractivity contribution >= 4 is 23.4 Å². The minimum Gasteiger partial charge on any atom is -0.493 e. The van der Waals surface area contributed by atoms with E-state index in [0.29, 0.717) is 41.6 Å². The Hall–Kier alpha value is -3.51. The smallest absolute Gasteiger partial charge is 0.255 e. The van der Waals surface area contributed by atoms with E-state index >= 15 is 0 Å². The van der Waals surface area contributed by atoms with Crippen molar-refractivity contribution in [2.24, 2.45) is 0 Å². The Kier molecular flexibility index (Phi) is 7.61. The molecule has 1 N–H and O–H groups in total. The number of hydrogen-bond donors (Lipinski definition) is 1. The average Bonchev–Trinajstić information content (AvgIpc) is 3.15. The number of amides is 2. The summed E-state index contributed by atoms with van der Waals surface area (Å²) in [4.78, 5) is 28.3. The minimum atomic E-state index is -0.668. The Morgan fingerprint density at radius 1 is 1.03 bits per heavy atom. The fraction of sp³-hybridized carbons (Fsp3) is 0.286. The second kappa shape index (κ2) is 10.8. The van der Waals surface area contributed by atoms with Crippen molar-refractivity contribution < 1.29 is 19.1 Å². The molecule has 3 aromatic carbocycles. The molecule has 0 aliphatic carbocycles. The Labute approximate surface area is 210 Å². The van der Waals surface area contributed by atoms with Crippen LogP contribution in [0.4, 0.5) is 0 Å². The van der Waals surface area contributed by atoms with Gasteiger partial charge in [-0.25, -0.2) is 0 Å².